The summed E-state index contributed by atoms with van der Waals surface area (Å²) < 4.78 is 0. The number of amides is 2. The fourth-order valence-electron chi connectivity index (χ4n) is 3.88. The van der Waals surface area contributed by atoms with Crippen molar-refractivity contribution < 1.29 is 14.7 Å². The Bertz CT molecular complexity index is 1040. The van der Waals surface area contributed by atoms with Crippen LogP contribution < -0.4 is 5.32 Å². The highest BCUT2D eigenvalue weighted by atomic mass is 35.5. The van der Waals surface area contributed by atoms with Crippen LogP contribution in [0.5, 0.6) is 0 Å². The molecule has 0 bridgehead atoms. The van der Waals surface area contributed by atoms with E-state index in [1.54, 1.807) is 23.1 Å². The predicted molar refractivity (Wildman–Crippen MR) is 117 cm³/mol. The quantitative estimate of drug-likeness (QED) is 0.567. The Morgan fingerprint density at radius 2 is 1.83 bits per heavy atom. The lowest BCUT2D eigenvalue weighted by Crippen LogP contribution is -2.52. The highest BCUT2D eigenvalue weighted by molar-refractivity contribution is 6.31. The number of benzene rings is 2. The zero-order valence-electron chi connectivity index (χ0n) is 16.5. The number of aliphatic hydroxyl groups is 1. The molecule has 4 rings (SSSR count). The lowest BCUT2D eigenvalue weighted by atomic mass is 10.00. The molecule has 0 spiro atoms. The topological polar surface area (TPSA) is 85.4 Å². The Morgan fingerprint density at radius 3 is 2.57 bits per heavy atom. The summed E-state index contributed by atoms with van der Waals surface area (Å²) in [6.45, 7) is 1.29. The number of nitrogens with zero attached hydrogens (tertiary/aromatic N) is 1. The molecule has 7 heteroatoms. The number of aromatic nitrogens is 1. The number of nitrogens with one attached hydrogen (secondary N) is 2. The van der Waals surface area contributed by atoms with Crippen LogP contribution in [-0.4, -0.2) is 52.0 Å². The molecule has 2 heterocycles. The van der Waals surface area contributed by atoms with E-state index < -0.39 is 12.1 Å². The van der Waals surface area contributed by atoms with E-state index >= 15 is 0 Å². The van der Waals surface area contributed by atoms with E-state index in [2.05, 4.69) is 10.3 Å². The number of carbonyl (C=O) groups excluding carboxylic acids is 2. The van der Waals surface area contributed by atoms with E-state index in [1.807, 2.05) is 36.4 Å². The summed E-state index contributed by atoms with van der Waals surface area (Å²) in [4.78, 5) is 30.4. The first-order valence-corrected chi connectivity index (χ1v) is 10.5. The van der Waals surface area contributed by atoms with Crippen LogP contribution in [0.25, 0.3) is 10.9 Å². The molecule has 156 valence electrons. The van der Waals surface area contributed by atoms with Crippen LogP contribution >= 0.6 is 11.6 Å². The van der Waals surface area contributed by atoms with Crippen LogP contribution in [0, 0.1) is 0 Å². The van der Waals surface area contributed by atoms with Crippen molar-refractivity contribution >= 4 is 34.3 Å². The van der Waals surface area contributed by atoms with Crippen LogP contribution in [0.4, 0.5) is 0 Å². The van der Waals surface area contributed by atoms with Gasteiger partial charge < -0.3 is 20.3 Å². The van der Waals surface area contributed by atoms with Crippen molar-refractivity contribution in [2.75, 3.05) is 13.1 Å². The van der Waals surface area contributed by atoms with Gasteiger partial charge >= 0.3 is 0 Å². The number of hydrogen-bond donors (Lipinski definition) is 3. The molecule has 6 nitrogen and oxygen atoms in total. The summed E-state index contributed by atoms with van der Waals surface area (Å²) in [6.07, 6.45) is 0.905. The molecule has 2 amide bonds. The predicted octanol–water partition coefficient (Wildman–Crippen LogP) is 3.15. The van der Waals surface area contributed by atoms with Gasteiger partial charge in [-0.2, -0.15) is 0 Å². The van der Waals surface area contributed by atoms with Gasteiger partial charge in [0.15, 0.2) is 6.10 Å². The summed E-state index contributed by atoms with van der Waals surface area (Å²) in [5.74, 6) is -0.714. The maximum Gasteiger partial charge on any atom is 0.268 e. The minimum absolute atomic E-state index is 0.336. The second kappa shape index (κ2) is 8.90. The fraction of sp³-hybridized carbons (Fsp3) is 0.304. The molecule has 2 aromatic carbocycles. The number of carbonyl (C=O) groups is 2. The summed E-state index contributed by atoms with van der Waals surface area (Å²) in [5.41, 5.74) is 2.07. The first-order chi connectivity index (χ1) is 14.5. The van der Waals surface area contributed by atoms with E-state index in [4.69, 9.17) is 11.6 Å². The zero-order chi connectivity index (χ0) is 21.1. The second-order valence-electron chi connectivity index (χ2n) is 7.66. The molecule has 3 N–H and O–H groups in total. The smallest absolute Gasteiger partial charge is 0.268 e. The Labute approximate surface area is 179 Å². The third-order valence-corrected chi connectivity index (χ3v) is 5.73. The monoisotopic (exact) mass is 425 g/mol. The van der Waals surface area contributed by atoms with E-state index in [9.17, 15) is 14.7 Å². The first-order valence-electron chi connectivity index (χ1n) is 10.1. The average molecular weight is 426 g/mol. The Hall–Kier alpha value is -2.83. The van der Waals surface area contributed by atoms with Gasteiger partial charge in [-0.25, -0.2) is 0 Å². The molecule has 30 heavy (non-hydrogen) atoms. The molecular weight excluding hydrogens is 402 g/mol. The van der Waals surface area contributed by atoms with Gasteiger partial charge in [0.2, 0.25) is 0 Å². The number of aromatic amines is 1. The number of aliphatic hydroxyl groups excluding tert-OH is 1. The van der Waals surface area contributed by atoms with Crippen molar-refractivity contribution in [3.05, 3.63) is 70.9 Å². The molecule has 0 radical (unpaired) electrons. The molecular formula is C23H24ClN3O3. The highest BCUT2D eigenvalue weighted by Gasteiger charge is 2.32. The lowest BCUT2D eigenvalue weighted by molar-refractivity contribution is -0.140. The number of H-pyrrole nitrogens is 1. The van der Waals surface area contributed by atoms with Gasteiger partial charge in [-0.3, -0.25) is 9.59 Å². The number of hydrogen-bond acceptors (Lipinski definition) is 3. The molecule has 3 aromatic rings. The van der Waals surface area contributed by atoms with Crippen LogP contribution in [0.2, 0.25) is 5.02 Å². The number of halogens is 1. The minimum Gasteiger partial charge on any atom is -0.381 e. The number of rotatable bonds is 6. The second-order valence-corrected chi connectivity index (χ2v) is 8.10. The van der Waals surface area contributed by atoms with Crippen molar-refractivity contribution in [1.29, 1.82) is 0 Å². The van der Waals surface area contributed by atoms with Gasteiger partial charge in [0, 0.05) is 29.0 Å². The third kappa shape index (κ3) is 4.50. The van der Waals surface area contributed by atoms with Crippen molar-refractivity contribution in [3.63, 3.8) is 0 Å². The molecule has 0 unspecified atom stereocenters. The van der Waals surface area contributed by atoms with Gasteiger partial charge in [-0.15, -0.1) is 0 Å². The van der Waals surface area contributed by atoms with Gasteiger partial charge in [0.05, 0.1) is 6.04 Å². The summed E-state index contributed by atoms with van der Waals surface area (Å²) in [6, 6.07) is 15.8. The maximum atomic E-state index is 12.9. The molecule has 1 saturated heterocycles. The fourth-order valence-corrected chi connectivity index (χ4v) is 4.06. The summed E-state index contributed by atoms with van der Waals surface area (Å²) in [7, 11) is 0. The van der Waals surface area contributed by atoms with Gasteiger partial charge in [-0.05, 0) is 49.1 Å². The maximum absolute atomic E-state index is 12.9. The van der Waals surface area contributed by atoms with Gasteiger partial charge in [-0.1, -0.05) is 41.9 Å². The Balaban J connectivity index is 1.55. The third-order valence-electron chi connectivity index (χ3n) is 5.49. The van der Waals surface area contributed by atoms with Crippen LogP contribution in [0.1, 0.15) is 28.9 Å². The van der Waals surface area contributed by atoms with Crippen LogP contribution in [0.3, 0.4) is 0 Å². The highest BCUT2D eigenvalue weighted by Crippen LogP contribution is 2.20. The lowest BCUT2D eigenvalue weighted by Gasteiger charge is -2.27. The molecule has 1 aliphatic heterocycles. The molecule has 1 aliphatic rings. The van der Waals surface area contributed by atoms with Crippen molar-refractivity contribution in [3.8, 4) is 0 Å². The molecule has 0 saturated carbocycles. The SMILES string of the molecule is O=C(N[C@@H](Cc1ccccc1)[C@@H](O)C(=O)N1CCCC1)c1cc2cc(Cl)ccc2[nH]1. The van der Waals surface area contributed by atoms with Crippen molar-refractivity contribution in [2.45, 2.75) is 31.4 Å². The van der Waals surface area contributed by atoms with Crippen molar-refractivity contribution in [1.82, 2.24) is 15.2 Å². The molecule has 2 atom stereocenters. The van der Waals surface area contributed by atoms with Crippen LogP contribution in [0.15, 0.2) is 54.6 Å². The van der Waals surface area contributed by atoms with Crippen molar-refractivity contribution in [2.24, 2.45) is 0 Å². The minimum atomic E-state index is -1.31. The van der Waals surface area contributed by atoms with Gasteiger partial charge in [0.1, 0.15) is 5.69 Å². The van der Waals surface area contributed by atoms with E-state index in [1.165, 1.54) is 0 Å². The molecule has 1 fully saturated rings. The van der Waals surface area contributed by atoms with Gasteiger partial charge in [0.25, 0.3) is 11.8 Å². The summed E-state index contributed by atoms with van der Waals surface area (Å²) >= 11 is 6.03. The Kier molecular flexibility index (Phi) is 6.06. The first kappa shape index (κ1) is 20.4. The Morgan fingerprint density at radius 1 is 1.10 bits per heavy atom. The largest absolute Gasteiger partial charge is 0.381 e. The average Bonchev–Trinajstić information content (AvgIpc) is 3.42. The van der Waals surface area contributed by atoms with Crippen LogP contribution in [-0.2, 0) is 11.2 Å². The molecule has 1 aromatic heterocycles. The number of fused-ring (bicyclic) bond motifs is 1. The standard InChI is InChI=1S/C23H24ClN3O3/c24-17-8-9-18-16(13-17)14-20(25-18)22(29)26-19(12-15-6-2-1-3-7-15)21(28)23(30)27-10-4-5-11-27/h1-3,6-9,13-14,19,21,25,28H,4-5,10-12H2,(H,26,29)/t19-,21+/m0/s1. The normalized spacial score (nSPS) is 15.9. The summed E-state index contributed by atoms with van der Waals surface area (Å²) in [5, 5.41) is 15.1. The zero-order valence-corrected chi connectivity index (χ0v) is 17.2. The van der Waals surface area contributed by atoms with E-state index in [-0.39, 0.29) is 11.8 Å². The van der Waals surface area contributed by atoms with E-state index in [0.29, 0.717) is 30.2 Å². The number of likely N-dealkylation sites (tertiary alicyclic amines) is 1. The molecule has 0 aliphatic carbocycles. The van der Waals surface area contributed by atoms with E-state index in [0.717, 1.165) is 29.3 Å².